The lowest BCUT2D eigenvalue weighted by molar-refractivity contribution is -0.127. The molecule has 160 valence electrons. The maximum atomic E-state index is 12.0. The Balaban J connectivity index is 1.50. The normalized spacial score (nSPS) is 20.0. The van der Waals surface area contributed by atoms with E-state index in [1.54, 1.807) is 6.20 Å². The maximum absolute atomic E-state index is 12.0. The van der Waals surface area contributed by atoms with E-state index in [1.807, 2.05) is 11.0 Å². The summed E-state index contributed by atoms with van der Waals surface area (Å²) in [7, 11) is 0. The molecule has 30 heavy (non-hydrogen) atoms. The molecule has 0 unspecified atom stereocenters. The average molecular weight is 412 g/mol. The van der Waals surface area contributed by atoms with Crippen LogP contribution in [0.4, 0.5) is 17.5 Å². The Bertz CT molecular complexity index is 849. The number of morpholine rings is 1. The number of H-pyrrole nitrogens is 1. The first-order chi connectivity index (χ1) is 14.7. The molecular formula is C21H29N7O2. The predicted octanol–water partition coefficient (Wildman–Crippen LogP) is 1.97. The highest BCUT2D eigenvalue weighted by Gasteiger charge is 2.23. The van der Waals surface area contributed by atoms with Crippen LogP contribution in [0, 0.1) is 0 Å². The van der Waals surface area contributed by atoms with E-state index in [-0.39, 0.29) is 11.9 Å². The third-order valence-electron chi connectivity index (χ3n) is 5.42. The van der Waals surface area contributed by atoms with Crippen LogP contribution in [0.5, 0.6) is 0 Å². The molecule has 4 heterocycles. The summed E-state index contributed by atoms with van der Waals surface area (Å²) in [5, 5.41) is 13.7. The number of carbonyl (C=O) groups is 1. The van der Waals surface area contributed by atoms with Gasteiger partial charge in [0.15, 0.2) is 0 Å². The van der Waals surface area contributed by atoms with E-state index in [2.05, 4.69) is 44.4 Å². The zero-order chi connectivity index (χ0) is 20.8. The van der Waals surface area contributed by atoms with Gasteiger partial charge in [0.1, 0.15) is 17.5 Å². The monoisotopic (exact) mass is 411 g/mol. The van der Waals surface area contributed by atoms with Crippen LogP contribution in [0.3, 0.4) is 0 Å². The summed E-state index contributed by atoms with van der Waals surface area (Å²) in [6, 6.07) is 6.19. The first-order valence-corrected chi connectivity index (χ1v) is 10.4. The third-order valence-corrected chi connectivity index (χ3v) is 5.42. The van der Waals surface area contributed by atoms with Crippen LogP contribution in [-0.2, 0) is 16.1 Å². The predicted molar refractivity (Wildman–Crippen MR) is 116 cm³/mol. The van der Waals surface area contributed by atoms with Crippen molar-refractivity contribution in [1.29, 1.82) is 0 Å². The molecule has 2 fully saturated rings. The van der Waals surface area contributed by atoms with Crippen LogP contribution in [-0.4, -0.2) is 76.3 Å². The minimum absolute atomic E-state index is 0.0165. The van der Waals surface area contributed by atoms with E-state index in [0.717, 1.165) is 69.7 Å². The number of carbonyl (C=O) groups excluding carboxylic acids is 1. The number of hydrogen-bond donors (Lipinski definition) is 3. The molecule has 2 aromatic rings. The molecule has 3 N–H and O–H groups in total. The van der Waals surface area contributed by atoms with Gasteiger partial charge in [0.25, 0.3) is 0 Å². The number of anilines is 3. The summed E-state index contributed by atoms with van der Waals surface area (Å²) in [4.78, 5) is 21.0. The molecule has 0 bridgehead atoms. The standard InChI is InChI=1S/C21H29N7O2/c1-2-21(29)28-7-3-4-17(15-28)23-19-12-16(14-27-8-10-30-11-9-27)13-20(25-19)24-18-5-6-22-26-18/h2,5-6,12-13,17H,1,3-4,7-11,14-15H2,(H3,22,23,24,25,26)/t17-/m0/s1. The molecule has 0 aliphatic carbocycles. The van der Waals surface area contributed by atoms with Gasteiger partial charge in [-0.1, -0.05) is 6.58 Å². The number of amides is 1. The molecular weight excluding hydrogens is 382 g/mol. The van der Waals surface area contributed by atoms with Gasteiger partial charge in [0.05, 0.1) is 19.4 Å². The summed E-state index contributed by atoms with van der Waals surface area (Å²) in [5.74, 6) is 2.33. The topological polar surface area (TPSA) is 98.4 Å². The van der Waals surface area contributed by atoms with Gasteiger partial charge in [-0.25, -0.2) is 4.98 Å². The fourth-order valence-electron chi connectivity index (χ4n) is 3.93. The quantitative estimate of drug-likeness (QED) is 0.599. The van der Waals surface area contributed by atoms with Crippen LogP contribution in [0.1, 0.15) is 18.4 Å². The largest absolute Gasteiger partial charge is 0.379 e. The lowest BCUT2D eigenvalue weighted by Gasteiger charge is -2.33. The lowest BCUT2D eigenvalue weighted by Crippen LogP contribution is -2.44. The van der Waals surface area contributed by atoms with Gasteiger partial charge in [-0.05, 0) is 36.6 Å². The molecule has 2 aromatic heterocycles. The first-order valence-electron chi connectivity index (χ1n) is 10.4. The van der Waals surface area contributed by atoms with Gasteiger partial charge in [0.2, 0.25) is 5.91 Å². The highest BCUT2D eigenvalue weighted by atomic mass is 16.5. The summed E-state index contributed by atoms with van der Waals surface area (Å²) in [5.41, 5.74) is 1.17. The van der Waals surface area contributed by atoms with Crippen molar-refractivity contribution in [2.45, 2.75) is 25.4 Å². The van der Waals surface area contributed by atoms with Gasteiger partial charge < -0.3 is 20.3 Å². The minimum Gasteiger partial charge on any atom is -0.379 e. The number of likely N-dealkylation sites (tertiary alicyclic amines) is 1. The zero-order valence-electron chi connectivity index (χ0n) is 17.1. The second-order valence-electron chi connectivity index (χ2n) is 7.70. The van der Waals surface area contributed by atoms with E-state index in [0.29, 0.717) is 6.54 Å². The van der Waals surface area contributed by atoms with Crippen molar-refractivity contribution in [2.75, 3.05) is 50.0 Å². The van der Waals surface area contributed by atoms with Gasteiger partial charge in [-0.3, -0.25) is 14.8 Å². The molecule has 2 saturated heterocycles. The second kappa shape index (κ2) is 9.73. The minimum atomic E-state index is -0.0165. The van der Waals surface area contributed by atoms with Crippen LogP contribution in [0.25, 0.3) is 0 Å². The van der Waals surface area contributed by atoms with Crippen LogP contribution < -0.4 is 10.6 Å². The molecule has 4 rings (SSSR count). The van der Waals surface area contributed by atoms with Crippen molar-refractivity contribution in [1.82, 2.24) is 25.0 Å². The van der Waals surface area contributed by atoms with Crippen molar-refractivity contribution in [2.24, 2.45) is 0 Å². The Kier molecular flexibility index (Phi) is 6.60. The smallest absolute Gasteiger partial charge is 0.246 e. The Hall–Kier alpha value is -2.91. The van der Waals surface area contributed by atoms with Crippen molar-refractivity contribution in [3.05, 3.63) is 42.6 Å². The molecule has 9 heteroatoms. The van der Waals surface area contributed by atoms with E-state index >= 15 is 0 Å². The molecule has 2 aliphatic rings. The Morgan fingerprint density at radius 2 is 2.13 bits per heavy atom. The van der Waals surface area contributed by atoms with Crippen LogP contribution in [0.15, 0.2) is 37.1 Å². The molecule has 0 aromatic carbocycles. The number of nitrogens with zero attached hydrogens (tertiary/aromatic N) is 4. The molecule has 9 nitrogen and oxygen atoms in total. The molecule has 0 radical (unpaired) electrons. The van der Waals surface area contributed by atoms with E-state index in [1.165, 1.54) is 11.6 Å². The highest BCUT2D eigenvalue weighted by Crippen LogP contribution is 2.22. The molecule has 0 spiro atoms. The van der Waals surface area contributed by atoms with Crippen molar-refractivity contribution >= 4 is 23.4 Å². The summed E-state index contributed by atoms with van der Waals surface area (Å²) in [6.45, 7) is 9.27. The summed E-state index contributed by atoms with van der Waals surface area (Å²) in [6.07, 6.45) is 5.05. The molecule has 2 aliphatic heterocycles. The second-order valence-corrected chi connectivity index (χ2v) is 7.70. The summed E-state index contributed by atoms with van der Waals surface area (Å²) < 4.78 is 5.47. The first kappa shape index (κ1) is 20.4. The Morgan fingerprint density at radius 1 is 1.30 bits per heavy atom. The van der Waals surface area contributed by atoms with Crippen LogP contribution >= 0.6 is 0 Å². The summed E-state index contributed by atoms with van der Waals surface area (Å²) >= 11 is 0. The van der Waals surface area contributed by atoms with Crippen molar-refractivity contribution in [3.63, 3.8) is 0 Å². The zero-order valence-corrected chi connectivity index (χ0v) is 17.1. The SMILES string of the molecule is C=CC(=O)N1CCC[C@H](Nc2cc(CN3CCOCC3)cc(Nc3ccn[nH]3)n2)C1. The van der Waals surface area contributed by atoms with Crippen molar-refractivity contribution in [3.8, 4) is 0 Å². The number of rotatable bonds is 7. The number of ether oxygens (including phenoxy) is 1. The fraction of sp³-hybridized carbons (Fsp3) is 0.476. The fourth-order valence-corrected chi connectivity index (χ4v) is 3.93. The van der Waals surface area contributed by atoms with Gasteiger partial charge in [0, 0.05) is 44.8 Å². The van der Waals surface area contributed by atoms with Gasteiger partial charge >= 0.3 is 0 Å². The third kappa shape index (κ3) is 5.37. The number of nitrogens with one attached hydrogen (secondary N) is 3. The van der Waals surface area contributed by atoms with Crippen molar-refractivity contribution < 1.29 is 9.53 Å². The molecule has 1 amide bonds. The Morgan fingerprint density at radius 3 is 2.90 bits per heavy atom. The molecule has 1 atom stereocenters. The van der Waals surface area contributed by atoms with Gasteiger partial charge in [-0.15, -0.1) is 0 Å². The van der Waals surface area contributed by atoms with Crippen LogP contribution in [0.2, 0.25) is 0 Å². The number of piperidine rings is 1. The Labute approximate surface area is 176 Å². The van der Waals surface area contributed by atoms with E-state index in [4.69, 9.17) is 9.72 Å². The lowest BCUT2D eigenvalue weighted by atomic mass is 10.1. The van der Waals surface area contributed by atoms with E-state index < -0.39 is 0 Å². The molecule has 0 saturated carbocycles. The highest BCUT2D eigenvalue weighted by molar-refractivity contribution is 5.87. The van der Waals surface area contributed by atoms with E-state index in [9.17, 15) is 4.79 Å². The number of hydrogen-bond acceptors (Lipinski definition) is 7. The maximum Gasteiger partial charge on any atom is 0.246 e. The number of aromatic nitrogens is 3. The number of aromatic amines is 1. The number of pyridine rings is 1. The van der Waals surface area contributed by atoms with Gasteiger partial charge in [-0.2, -0.15) is 5.10 Å². The average Bonchev–Trinajstić information content (AvgIpc) is 3.27.